The van der Waals surface area contributed by atoms with Gasteiger partial charge in [-0.15, -0.1) is 0 Å². The summed E-state index contributed by atoms with van der Waals surface area (Å²) in [5, 5.41) is 0.664. The lowest BCUT2D eigenvalue weighted by molar-refractivity contribution is 0.737. The van der Waals surface area contributed by atoms with Gasteiger partial charge in [-0.2, -0.15) is 0 Å². The van der Waals surface area contributed by atoms with Crippen LogP contribution in [-0.4, -0.2) is 6.21 Å². The first-order valence-electron chi connectivity index (χ1n) is 4.59. The Bertz CT molecular complexity index is 324. The van der Waals surface area contributed by atoms with Crippen molar-refractivity contribution in [3.63, 3.8) is 0 Å². The van der Waals surface area contributed by atoms with E-state index < -0.39 is 0 Å². The Labute approximate surface area is 111 Å². The van der Waals surface area contributed by atoms with Crippen LogP contribution in [0.15, 0.2) is 27.1 Å². The topological polar surface area (TPSA) is 12.4 Å². The lowest BCUT2D eigenvalue weighted by atomic mass is 10.2. The van der Waals surface area contributed by atoms with Gasteiger partial charge in [0.25, 0.3) is 0 Å². The molecule has 0 atom stereocenters. The fraction of sp³-hybridized carbons (Fsp3) is 0.364. The van der Waals surface area contributed by atoms with Crippen LogP contribution in [-0.2, 0) is 0 Å². The molecular formula is C11H15BrClNS. The third-order valence-corrected chi connectivity index (χ3v) is 2.10. The highest BCUT2D eigenvalue weighted by Crippen LogP contribution is 2.19. The number of thiol groups is 1. The molecule has 0 aliphatic heterocycles. The second-order valence-electron chi connectivity index (χ2n) is 3.64. The fourth-order valence-corrected chi connectivity index (χ4v) is 1.52. The summed E-state index contributed by atoms with van der Waals surface area (Å²) in [6.07, 6.45) is 1.60. The van der Waals surface area contributed by atoms with Crippen LogP contribution < -0.4 is 0 Å². The van der Waals surface area contributed by atoms with Crippen LogP contribution in [0.3, 0.4) is 0 Å². The Morgan fingerprint density at radius 2 is 1.93 bits per heavy atom. The SMILES string of the molecule is CC(C)C.S/N=C/c1ccc(Br)cc1Cl. The third kappa shape index (κ3) is 7.88. The van der Waals surface area contributed by atoms with Crippen molar-refractivity contribution < 1.29 is 0 Å². The molecule has 1 rings (SSSR count). The molecule has 0 saturated carbocycles. The minimum atomic E-state index is 0.664. The molecule has 0 N–H and O–H groups in total. The molecule has 0 bridgehead atoms. The van der Waals surface area contributed by atoms with Crippen molar-refractivity contribution in [2.24, 2.45) is 10.3 Å². The molecule has 0 radical (unpaired) electrons. The average Bonchev–Trinajstić information content (AvgIpc) is 2.09. The predicted octanol–water partition coefficient (Wildman–Crippen LogP) is 5.03. The van der Waals surface area contributed by atoms with Gasteiger partial charge in [-0.05, 0) is 30.9 Å². The minimum absolute atomic E-state index is 0.664. The summed E-state index contributed by atoms with van der Waals surface area (Å²) < 4.78 is 4.52. The van der Waals surface area contributed by atoms with Crippen molar-refractivity contribution >= 4 is 46.6 Å². The molecule has 0 saturated heterocycles. The summed E-state index contributed by atoms with van der Waals surface area (Å²) in [6, 6.07) is 5.58. The van der Waals surface area contributed by atoms with Crippen LogP contribution in [0.5, 0.6) is 0 Å². The smallest absolute Gasteiger partial charge is 0.0505 e. The van der Waals surface area contributed by atoms with E-state index in [1.807, 2.05) is 18.2 Å². The van der Waals surface area contributed by atoms with Crippen LogP contribution >= 0.6 is 40.3 Å². The Hall–Kier alpha value is 0.01000. The molecule has 84 valence electrons. The molecule has 0 amide bonds. The van der Waals surface area contributed by atoms with Crippen molar-refractivity contribution in [2.75, 3.05) is 0 Å². The van der Waals surface area contributed by atoms with E-state index >= 15 is 0 Å². The third-order valence-electron chi connectivity index (χ3n) is 1.16. The van der Waals surface area contributed by atoms with Gasteiger partial charge in [-0.3, -0.25) is 0 Å². The zero-order valence-electron chi connectivity index (χ0n) is 9.04. The van der Waals surface area contributed by atoms with Crippen molar-refractivity contribution in [2.45, 2.75) is 20.8 Å². The first-order chi connectivity index (χ1) is 6.97. The molecule has 1 nitrogen and oxygen atoms in total. The molecule has 1 aromatic carbocycles. The standard InChI is InChI=1S/C7H5BrClNS.C4H10/c8-6-2-1-5(4-10-11)7(9)3-6;1-4(2)3/h1-4,11H;4H,1-3H3/b10-4+;. The highest BCUT2D eigenvalue weighted by Gasteiger charge is 1.96. The Kier molecular flexibility index (Phi) is 8.20. The highest BCUT2D eigenvalue weighted by atomic mass is 79.9. The molecule has 0 aliphatic carbocycles. The van der Waals surface area contributed by atoms with Crippen molar-refractivity contribution in [3.05, 3.63) is 33.3 Å². The molecule has 0 heterocycles. The van der Waals surface area contributed by atoms with Gasteiger partial charge in [-0.1, -0.05) is 54.4 Å². The van der Waals surface area contributed by atoms with Crippen LogP contribution in [0, 0.1) is 5.92 Å². The van der Waals surface area contributed by atoms with Gasteiger partial charge in [0.2, 0.25) is 0 Å². The molecule has 0 spiro atoms. The number of hydrogen-bond acceptors (Lipinski definition) is 2. The maximum atomic E-state index is 5.85. The first kappa shape index (κ1) is 15.0. The molecule has 4 heteroatoms. The summed E-state index contributed by atoms with van der Waals surface area (Å²) in [7, 11) is 0. The lowest BCUT2D eigenvalue weighted by Gasteiger charge is -1.96. The second-order valence-corrected chi connectivity index (χ2v) is 5.20. The van der Waals surface area contributed by atoms with Gasteiger partial charge in [-0.25, -0.2) is 4.40 Å². The molecule has 1 aromatic rings. The van der Waals surface area contributed by atoms with E-state index in [2.05, 4.69) is 53.9 Å². The summed E-state index contributed by atoms with van der Waals surface area (Å²) in [5.74, 6) is 0.833. The quantitative estimate of drug-likeness (QED) is 0.552. The van der Waals surface area contributed by atoms with E-state index in [0.29, 0.717) is 5.02 Å². The van der Waals surface area contributed by atoms with Gasteiger partial charge >= 0.3 is 0 Å². The maximum Gasteiger partial charge on any atom is 0.0505 e. The number of halogens is 2. The van der Waals surface area contributed by atoms with E-state index in [-0.39, 0.29) is 0 Å². The number of rotatable bonds is 1. The van der Waals surface area contributed by atoms with Gasteiger partial charge < -0.3 is 0 Å². The highest BCUT2D eigenvalue weighted by molar-refractivity contribution is 9.10. The molecule has 0 aliphatic rings. The van der Waals surface area contributed by atoms with E-state index in [4.69, 9.17) is 11.6 Å². The number of nitrogens with zero attached hydrogens (tertiary/aromatic N) is 1. The van der Waals surface area contributed by atoms with Gasteiger partial charge in [0, 0.05) is 16.3 Å². The summed E-state index contributed by atoms with van der Waals surface area (Å²) in [5.41, 5.74) is 0.866. The summed E-state index contributed by atoms with van der Waals surface area (Å²) in [6.45, 7) is 6.50. The van der Waals surface area contributed by atoms with Crippen LogP contribution in [0.2, 0.25) is 5.02 Å². The number of hydrogen-bond donors (Lipinski definition) is 1. The Balaban J connectivity index is 0.000000423. The Morgan fingerprint density at radius 3 is 2.33 bits per heavy atom. The first-order valence-corrected chi connectivity index (χ1v) is 6.17. The summed E-state index contributed by atoms with van der Waals surface area (Å²) >= 11 is 12.9. The van der Waals surface area contributed by atoms with Crippen molar-refractivity contribution in [1.29, 1.82) is 0 Å². The second kappa shape index (κ2) is 8.20. The van der Waals surface area contributed by atoms with E-state index in [1.54, 1.807) is 6.21 Å². The minimum Gasteiger partial charge on any atom is -0.227 e. The van der Waals surface area contributed by atoms with E-state index in [9.17, 15) is 0 Å². The Morgan fingerprint density at radius 1 is 1.40 bits per heavy atom. The summed E-state index contributed by atoms with van der Waals surface area (Å²) in [4.78, 5) is 0. The van der Waals surface area contributed by atoms with Gasteiger partial charge in [0.05, 0.1) is 5.02 Å². The molecule has 0 aromatic heterocycles. The van der Waals surface area contributed by atoms with Crippen molar-refractivity contribution in [3.8, 4) is 0 Å². The van der Waals surface area contributed by atoms with E-state index in [1.165, 1.54) is 0 Å². The average molecular weight is 309 g/mol. The lowest BCUT2D eigenvalue weighted by Crippen LogP contribution is -1.80. The monoisotopic (exact) mass is 307 g/mol. The maximum absolute atomic E-state index is 5.85. The fourth-order valence-electron chi connectivity index (χ4n) is 0.668. The van der Waals surface area contributed by atoms with E-state index in [0.717, 1.165) is 16.0 Å². The predicted molar refractivity (Wildman–Crippen MR) is 76.2 cm³/mol. The van der Waals surface area contributed by atoms with Gasteiger partial charge in [0.1, 0.15) is 0 Å². The molecular weight excluding hydrogens is 294 g/mol. The van der Waals surface area contributed by atoms with Crippen molar-refractivity contribution in [1.82, 2.24) is 0 Å². The largest absolute Gasteiger partial charge is 0.227 e. The van der Waals surface area contributed by atoms with Gasteiger partial charge in [0.15, 0.2) is 0 Å². The van der Waals surface area contributed by atoms with Crippen LogP contribution in [0.25, 0.3) is 0 Å². The number of benzene rings is 1. The molecule has 0 fully saturated rings. The molecule has 15 heavy (non-hydrogen) atoms. The molecule has 0 unspecified atom stereocenters. The van der Waals surface area contributed by atoms with Crippen LogP contribution in [0.1, 0.15) is 26.3 Å². The zero-order chi connectivity index (χ0) is 11.8. The van der Waals surface area contributed by atoms with Crippen LogP contribution in [0.4, 0.5) is 0 Å². The normalized spacial score (nSPS) is 10.3. The zero-order valence-corrected chi connectivity index (χ0v) is 12.3.